The van der Waals surface area contributed by atoms with Gasteiger partial charge in [0.2, 0.25) is 0 Å². The van der Waals surface area contributed by atoms with Crippen molar-refractivity contribution in [2.45, 2.75) is 6.92 Å². The highest BCUT2D eigenvalue weighted by Crippen LogP contribution is 2.39. The molecule has 2 aromatic heterocycles. The normalized spacial score (nSPS) is 12.8. The van der Waals surface area contributed by atoms with E-state index in [1.165, 1.54) is 0 Å². The number of benzene rings is 1. The Morgan fingerprint density at radius 1 is 1.03 bits per heavy atom. The van der Waals surface area contributed by atoms with Crippen LogP contribution in [0.1, 0.15) is 5.69 Å². The van der Waals surface area contributed by atoms with E-state index in [1.807, 2.05) is 44.3 Å². The molecule has 0 fully saturated rings. The third-order valence-corrected chi connectivity index (χ3v) is 4.76. The van der Waals surface area contributed by atoms with Gasteiger partial charge in [-0.3, -0.25) is 5.10 Å². The molecule has 0 saturated heterocycles. The zero-order chi connectivity index (χ0) is 21.1. The van der Waals surface area contributed by atoms with Crippen LogP contribution in [0.4, 0.5) is 17.5 Å². The summed E-state index contributed by atoms with van der Waals surface area (Å²) in [5, 5.41) is 10.5. The number of aromatic nitrogens is 4. The van der Waals surface area contributed by atoms with Crippen LogP contribution in [0, 0.1) is 6.92 Å². The second-order valence-electron chi connectivity index (χ2n) is 7.55. The van der Waals surface area contributed by atoms with E-state index in [-0.39, 0.29) is 0 Å². The minimum Gasteiger partial charge on any atom is -0.486 e. The quantitative estimate of drug-likeness (QED) is 0.616. The van der Waals surface area contributed by atoms with Gasteiger partial charge in [0.15, 0.2) is 23.1 Å². The third-order valence-electron chi connectivity index (χ3n) is 4.76. The number of rotatable bonds is 7. The van der Waals surface area contributed by atoms with E-state index in [2.05, 4.69) is 39.4 Å². The van der Waals surface area contributed by atoms with Gasteiger partial charge in [0.1, 0.15) is 24.8 Å². The number of nitrogens with one attached hydrogen (secondary N) is 2. The molecule has 158 valence electrons. The van der Waals surface area contributed by atoms with Crippen molar-refractivity contribution in [3.05, 3.63) is 36.0 Å². The summed E-state index contributed by atoms with van der Waals surface area (Å²) in [6.07, 6.45) is 0. The molecule has 4 rings (SSSR count). The Labute approximate surface area is 176 Å². The van der Waals surface area contributed by atoms with Gasteiger partial charge in [0.05, 0.1) is 5.56 Å². The van der Waals surface area contributed by atoms with Gasteiger partial charge in [-0.05, 0) is 33.2 Å². The molecule has 3 heterocycles. The van der Waals surface area contributed by atoms with E-state index in [0.29, 0.717) is 42.2 Å². The zero-order valence-corrected chi connectivity index (χ0v) is 17.8. The van der Waals surface area contributed by atoms with Gasteiger partial charge in [0.25, 0.3) is 0 Å². The lowest BCUT2D eigenvalue weighted by atomic mass is 10.1. The van der Waals surface area contributed by atoms with E-state index < -0.39 is 0 Å². The van der Waals surface area contributed by atoms with Crippen LogP contribution < -0.4 is 19.7 Å². The molecule has 1 aliphatic rings. The fourth-order valence-corrected chi connectivity index (χ4v) is 3.14. The number of H-pyrrole nitrogens is 1. The predicted octanol–water partition coefficient (Wildman–Crippen LogP) is 2.69. The highest BCUT2D eigenvalue weighted by atomic mass is 16.6. The number of fused-ring (bicyclic) bond motifs is 1. The molecule has 0 aliphatic carbocycles. The van der Waals surface area contributed by atoms with Gasteiger partial charge < -0.3 is 24.6 Å². The number of ether oxygens (including phenoxy) is 2. The van der Waals surface area contributed by atoms with Crippen LogP contribution in [0.5, 0.6) is 11.5 Å². The van der Waals surface area contributed by atoms with E-state index >= 15 is 0 Å². The highest BCUT2D eigenvalue weighted by Gasteiger charge is 2.20. The Morgan fingerprint density at radius 2 is 1.87 bits per heavy atom. The highest BCUT2D eigenvalue weighted by molar-refractivity contribution is 5.72. The van der Waals surface area contributed by atoms with Crippen molar-refractivity contribution >= 4 is 17.5 Å². The molecule has 0 spiro atoms. The Morgan fingerprint density at radius 3 is 2.63 bits per heavy atom. The van der Waals surface area contributed by atoms with Crippen LogP contribution in [0.15, 0.2) is 30.3 Å². The van der Waals surface area contributed by atoms with Crippen molar-refractivity contribution in [2.24, 2.45) is 0 Å². The molecule has 0 bridgehead atoms. The van der Waals surface area contributed by atoms with Crippen LogP contribution in [-0.4, -0.2) is 72.5 Å². The number of hydrogen-bond donors (Lipinski definition) is 2. The number of likely N-dealkylation sites (N-methyl/N-ethyl adjacent to an activating group) is 2. The van der Waals surface area contributed by atoms with Crippen LogP contribution in [0.25, 0.3) is 11.4 Å². The molecule has 2 N–H and O–H groups in total. The van der Waals surface area contributed by atoms with E-state index in [4.69, 9.17) is 19.4 Å². The average Bonchev–Trinajstić information content (AvgIpc) is 3.15. The van der Waals surface area contributed by atoms with Gasteiger partial charge in [-0.2, -0.15) is 5.10 Å². The Hall–Kier alpha value is -3.33. The summed E-state index contributed by atoms with van der Waals surface area (Å²) >= 11 is 0. The van der Waals surface area contributed by atoms with Crippen molar-refractivity contribution < 1.29 is 9.47 Å². The maximum Gasteiger partial charge on any atom is 0.172 e. The summed E-state index contributed by atoms with van der Waals surface area (Å²) in [5.74, 6) is 4.14. The number of aryl methyl sites for hydroxylation is 1. The topological polar surface area (TPSA) is 91.4 Å². The SMILES string of the molecule is Cc1cc(Nc2cc(N(C)CCN(C)C)nc(-c3cccc4c3OCCO4)n2)n[nH]1. The van der Waals surface area contributed by atoms with E-state index in [0.717, 1.165) is 30.2 Å². The molecular weight excluding hydrogens is 382 g/mol. The summed E-state index contributed by atoms with van der Waals surface area (Å²) in [7, 11) is 6.14. The molecular formula is C21H27N7O2. The first-order valence-electron chi connectivity index (χ1n) is 9.92. The first-order chi connectivity index (χ1) is 14.5. The molecule has 1 aliphatic heterocycles. The standard InChI is InChI=1S/C21H27N7O2/c1-14-12-18(26-25-14)22-17-13-19(28(4)9-8-27(2)3)24-21(23-17)15-6-5-7-16-20(15)30-11-10-29-16/h5-7,12-13H,8-11H2,1-4H3,(H2,22,23,24,25,26). The van der Waals surface area contributed by atoms with Crippen LogP contribution in [-0.2, 0) is 0 Å². The second-order valence-corrected chi connectivity index (χ2v) is 7.55. The van der Waals surface area contributed by atoms with Gasteiger partial charge in [-0.15, -0.1) is 0 Å². The van der Waals surface area contributed by atoms with Gasteiger partial charge in [0, 0.05) is 38.0 Å². The van der Waals surface area contributed by atoms with Crippen LogP contribution >= 0.6 is 0 Å². The minimum atomic E-state index is 0.504. The Balaban J connectivity index is 1.73. The third kappa shape index (κ3) is 4.46. The fourth-order valence-electron chi connectivity index (χ4n) is 3.14. The zero-order valence-electron chi connectivity index (χ0n) is 17.8. The van der Waals surface area contributed by atoms with Crippen molar-refractivity contribution in [2.75, 3.05) is 57.7 Å². The number of nitrogens with zero attached hydrogens (tertiary/aromatic N) is 5. The molecule has 0 radical (unpaired) electrons. The average molecular weight is 409 g/mol. The molecule has 30 heavy (non-hydrogen) atoms. The molecule has 0 unspecified atom stereocenters. The Kier molecular flexibility index (Phi) is 5.71. The lowest BCUT2D eigenvalue weighted by Crippen LogP contribution is -2.29. The van der Waals surface area contributed by atoms with Gasteiger partial charge in [-0.25, -0.2) is 9.97 Å². The summed E-state index contributed by atoms with van der Waals surface area (Å²) in [6, 6.07) is 9.64. The first kappa shape index (κ1) is 20.0. The number of hydrogen-bond acceptors (Lipinski definition) is 8. The van der Waals surface area contributed by atoms with Crippen LogP contribution in [0.2, 0.25) is 0 Å². The van der Waals surface area contributed by atoms with Crippen molar-refractivity contribution in [3.8, 4) is 22.9 Å². The molecule has 0 saturated carbocycles. The maximum atomic E-state index is 5.89. The van der Waals surface area contributed by atoms with Gasteiger partial charge in [-0.1, -0.05) is 6.07 Å². The summed E-state index contributed by atoms with van der Waals surface area (Å²) in [6.45, 7) is 4.74. The smallest absolute Gasteiger partial charge is 0.172 e. The molecule has 9 nitrogen and oxygen atoms in total. The lowest BCUT2D eigenvalue weighted by molar-refractivity contribution is 0.172. The minimum absolute atomic E-state index is 0.504. The summed E-state index contributed by atoms with van der Waals surface area (Å²) < 4.78 is 11.6. The monoisotopic (exact) mass is 409 g/mol. The summed E-state index contributed by atoms with van der Waals surface area (Å²) in [5.41, 5.74) is 1.77. The lowest BCUT2D eigenvalue weighted by Gasteiger charge is -2.23. The number of aromatic amines is 1. The Bertz CT molecular complexity index is 1020. The fraction of sp³-hybridized carbons (Fsp3) is 0.381. The molecule has 1 aromatic carbocycles. The first-order valence-corrected chi connectivity index (χ1v) is 9.92. The predicted molar refractivity (Wildman–Crippen MR) is 117 cm³/mol. The molecule has 0 amide bonds. The molecule has 0 atom stereocenters. The van der Waals surface area contributed by atoms with Crippen molar-refractivity contribution in [1.82, 2.24) is 25.1 Å². The number of anilines is 3. The van der Waals surface area contributed by atoms with Crippen molar-refractivity contribution in [3.63, 3.8) is 0 Å². The van der Waals surface area contributed by atoms with E-state index in [9.17, 15) is 0 Å². The molecule has 3 aromatic rings. The van der Waals surface area contributed by atoms with Gasteiger partial charge >= 0.3 is 0 Å². The second kappa shape index (κ2) is 8.58. The largest absolute Gasteiger partial charge is 0.486 e. The maximum absolute atomic E-state index is 5.89. The van der Waals surface area contributed by atoms with E-state index in [1.54, 1.807) is 0 Å². The number of para-hydroxylation sites is 1. The molecule has 9 heteroatoms. The van der Waals surface area contributed by atoms with Crippen LogP contribution in [0.3, 0.4) is 0 Å². The summed E-state index contributed by atoms with van der Waals surface area (Å²) in [4.78, 5) is 13.8. The van der Waals surface area contributed by atoms with Crippen molar-refractivity contribution in [1.29, 1.82) is 0 Å².